The first-order valence-corrected chi connectivity index (χ1v) is 10.8. The Kier molecular flexibility index (Phi) is 6.49. The van der Waals surface area contributed by atoms with Crippen molar-refractivity contribution in [2.75, 3.05) is 5.32 Å². The van der Waals surface area contributed by atoms with Gasteiger partial charge >= 0.3 is 5.97 Å². The van der Waals surface area contributed by atoms with Crippen LogP contribution >= 0.6 is 11.3 Å². The zero-order chi connectivity index (χ0) is 21.0. The standard InChI is InChI=1S/C23H28N2O3S/c1-15-5-8-18(14-24-15)28-17-9-6-16(7-10-17)25-20-13-19(11-12-23(2,3)4)29-21(20)22(26)27/h5,8,13-14,16-17,25H,6-7,9-10H2,1-4H3,(H,26,27)/t16-,17-. The smallest absolute Gasteiger partial charge is 0.348 e. The quantitative estimate of drug-likeness (QED) is 0.648. The van der Waals surface area contributed by atoms with Gasteiger partial charge in [-0.25, -0.2) is 4.79 Å². The van der Waals surface area contributed by atoms with E-state index < -0.39 is 5.97 Å². The van der Waals surface area contributed by atoms with E-state index in [1.54, 1.807) is 6.20 Å². The Balaban J connectivity index is 1.60. The fourth-order valence-corrected chi connectivity index (χ4v) is 4.04. The number of nitrogens with one attached hydrogen (secondary N) is 1. The van der Waals surface area contributed by atoms with Gasteiger partial charge in [-0.3, -0.25) is 4.98 Å². The van der Waals surface area contributed by atoms with Crippen molar-refractivity contribution in [1.29, 1.82) is 0 Å². The third-order valence-corrected chi connectivity index (χ3v) is 5.75. The molecule has 0 saturated heterocycles. The average molecular weight is 413 g/mol. The molecule has 2 aromatic heterocycles. The van der Waals surface area contributed by atoms with Crippen LogP contribution in [0.5, 0.6) is 5.75 Å². The lowest BCUT2D eigenvalue weighted by molar-refractivity contribution is 0.0703. The van der Waals surface area contributed by atoms with Crippen molar-refractivity contribution < 1.29 is 14.6 Å². The number of hydrogen-bond acceptors (Lipinski definition) is 5. The van der Waals surface area contributed by atoms with Crippen molar-refractivity contribution in [3.63, 3.8) is 0 Å². The Morgan fingerprint density at radius 3 is 2.59 bits per heavy atom. The van der Waals surface area contributed by atoms with Gasteiger partial charge < -0.3 is 15.2 Å². The number of carbonyl (C=O) groups is 1. The first-order valence-electron chi connectivity index (χ1n) is 9.96. The first kappa shape index (κ1) is 21.2. The summed E-state index contributed by atoms with van der Waals surface area (Å²) in [7, 11) is 0. The second-order valence-corrected chi connectivity index (χ2v) is 9.58. The molecule has 0 radical (unpaired) electrons. The van der Waals surface area contributed by atoms with Crippen molar-refractivity contribution in [3.8, 4) is 17.6 Å². The lowest BCUT2D eigenvalue weighted by Crippen LogP contribution is -2.31. The minimum atomic E-state index is -0.912. The van der Waals surface area contributed by atoms with E-state index >= 15 is 0 Å². The van der Waals surface area contributed by atoms with Gasteiger partial charge in [0.2, 0.25) is 0 Å². The van der Waals surface area contributed by atoms with E-state index in [-0.39, 0.29) is 17.6 Å². The maximum atomic E-state index is 11.7. The van der Waals surface area contributed by atoms with Gasteiger partial charge in [0.05, 0.1) is 22.9 Å². The molecular formula is C23H28N2O3S. The lowest BCUT2D eigenvalue weighted by atomic mass is 9.92. The number of aromatic carboxylic acids is 1. The van der Waals surface area contributed by atoms with Gasteiger partial charge in [0, 0.05) is 17.2 Å². The van der Waals surface area contributed by atoms with Crippen LogP contribution < -0.4 is 10.1 Å². The van der Waals surface area contributed by atoms with Gasteiger partial charge in [0.1, 0.15) is 10.6 Å². The van der Waals surface area contributed by atoms with Crippen molar-refractivity contribution in [1.82, 2.24) is 4.98 Å². The second kappa shape index (κ2) is 8.87. The molecule has 1 aliphatic carbocycles. The fraction of sp³-hybridized carbons (Fsp3) is 0.478. The van der Waals surface area contributed by atoms with Crippen molar-refractivity contribution in [2.45, 2.75) is 65.5 Å². The van der Waals surface area contributed by atoms with Crippen molar-refractivity contribution in [3.05, 3.63) is 39.8 Å². The van der Waals surface area contributed by atoms with E-state index in [0.29, 0.717) is 10.6 Å². The molecule has 0 unspecified atom stereocenters. The molecule has 0 aromatic carbocycles. The molecule has 2 heterocycles. The lowest BCUT2D eigenvalue weighted by Gasteiger charge is -2.30. The molecule has 29 heavy (non-hydrogen) atoms. The number of carboxylic acids is 1. The van der Waals surface area contributed by atoms with Crippen LogP contribution in [0.15, 0.2) is 24.4 Å². The number of aryl methyl sites for hydroxylation is 1. The Labute approximate surface area is 176 Å². The monoisotopic (exact) mass is 412 g/mol. The van der Waals surface area contributed by atoms with Crippen molar-refractivity contribution in [2.24, 2.45) is 5.41 Å². The summed E-state index contributed by atoms with van der Waals surface area (Å²) < 4.78 is 6.04. The summed E-state index contributed by atoms with van der Waals surface area (Å²) in [6.45, 7) is 8.07. The van der Waals surface area contributed by atoms with Gasteiger partial charge in [-0.05, 0) is 71.6 Å². The largest absolute Gasteiger partial charge is 0.489 e. The summed E-state index contributed by atoms with van der Waals surface area (Å²) in [5.41, 5.74) is 1.53. The zero-order valence-electron chi connectivity index (χ0n) is 17.4. The normalized spacial score (nSPS) is 19.2. The summed E-state index contributed by atoms with van der Waals surface area (Å²) in [6, 6.07) is 6.01. The Hall–Kier alpha value is -2.52. The van der Waals surface area contributed by atoms with E-state index in [1.807, 2.05) is 45.9 Å². The number of ether oxygens (including phenoxy) is 1. The highest BCUT2D eigenvalue weighted by Gasteiger charge is 2.25. The average Bonchev–Trinajstić information content (AvgIpc) is 3.06. The van der Waals surface area contributed by atoms with Crippen LogP contribution in [0.2, 0.25) is 0 Å². The summed E-state index contributed by atoms with van der Waals surface area (Å²) >= 11 is 1.23. The molecule has 0 aliphatic heterocycles. The zero-order valence-corrected chi connectivity index (χ0v) is 18.2. The molecule has 5 nitrogen and oxygen atoms in total. The SMILES string of the molecule is Cc1ccc(O[C@H]2CC[C@H](Nc3cc(C#CC(C)(C)C)sc3C(=O)O)CC2)cn1. The van der Waals surface area contributed by atoms with Gasteiger partial charge in [0.15, 0.2) is 0 Å². The molecule has 154 valence electrons. The van der Waals surface area contributed by atoms with Crippen LogP contribution in [0.1, 0.15) is 66.7 Å². The molecule has 2 N–H and O–H groups in total. The third kappa shape index (κ3) is 6.23. The molecule has 3 rings (SSSR count). The van der Waals surface area contributed by atoms with Gasteiger partial charge in [-0.15, -0.1) is 11.3 Å². The molecule has 6 heteroatoms. The first-order chi connectivity index (χ1) is 13.7. The van der Waals surface area contributed by atoms with Crippen LogP contribution in [0.25, 0.3) is 0 Å². The molecule has 1 aliphatic rings. The highest BCUT2D eigenvalue weighted by atomic mass is 32.1. The van der Waals surface area contributed by atoms with E-state index in [1.165, 1.54) is 11.3 Å². The number of nitrogens with zero attached hydrogens (tertiary/aromatic N) is 1. The summed E-state index contributed by atoms with van der Waals surface area (Å²) in [6.07, 6.45) is 5.66. The Morgan fingerprint density at radius 1 is 1.28 bits per heavy atom. The van der Waals surface area contributed by atoms with E-state index in [9.17, 15) is 9.90 Å². The summed E-state index contributed by atoms with van der Waals surface area (Å²) in [4.78, 5) is 17.0. The number of aromatic nitrogens is 1. The van der Waals surface area contributed by atoms with Crippen LogP contribution in [-0.4, -0.2) is 28.2 Å². The minimum Gasteiger partial charge on any atom is -0.489 e. The number of anilines is 1. The predicted octanol–water partition coefficient (Wildman–Crippen LogP) is 5.35. The number of thiophene rings is 1. The van der Waals surface area contributed by atoms with E-state index in [4.69, 9.17) is 4.74 Å². The number of pyridine rings is 1. The van der Waals surface area contributed by atoms with Crippen LogP contribution in [0.3, 0.4) is 0 Å². The van der Waals surface area contributed by atoms with Crippen LogP contribution in [-0.2, 0) is 0 Å². The van der Waals surface area contributed by atoms with E-state index in [2.05, 4.69) is 22.1 Å². The van der Waals surface area contributed by atoms with Gasteiger partial charge in [-0.2, -0.15) is 0 Å². The van der Waals surface area contributed by atoms with Gasteiger partial charge in [0.25, 0.3) is 0 Å². The second-order valence-electron chi connectivity index (χ2n) is 8.53. The number of carboxylic acid groups (broad SMARTS) is 1. The molecule has 0 atom stereocenters. The topological polar surface area (TPSA) is 71.5 Å². The predicted molar refractivity (Wildman–Crippen MR) is 117 cm³/mol. The molecule has 2 aromatic rings. The van der Waals surface area contributed by atoms with E-state index in [0.717, 1.165) is 42.0 Å². The summed E-state index contributed by atoms with van der Waals surface area (Å²) in [5.74, 6) is 6.18. The van der Waals surface area contributed by atoms with Gasteiger partial charge in [-0.1, -0.05) is 11.8 Å². The van der Waals surface area contributed by atoms with Crippen LogP contribution in [0, 0.1) is 24.2 Å². The molecule has 1 saturated carbocycles. The van der Waals surface area contributed by atoms with Crippen LogP contribution in [0.4, 0.5) is 5.69 Å². The highest BCUT2D eigenvalue weighted by Crippen LogP contribution is 2.31. The molecule has 1 fully saturated rings. The summed E-state index contributed by atoms with van der Waals surface area (Å²) in [5, 5.41) is 13.0. The maximum Gasteiger partial charge on any atom is 0.348 e. The molecular weight excluding hydrogens is 384 g/mol. The fourth-order valence-electron chi connectivity index (χ4n) is 3.23. The number of rotatable bonds is 5. The highest BCUT2D eigenvalue weighted by molar-refractivity contribution is 7.15. The maximum absolute atomic E-state index is 11.7. The number of hydrogen-bond donors (Lipinski definition) is 2. The van der Waals surface area contributed by atoms with Crippen molar-refractivity contribution >= 4 is 23.0 Å². The molecule has 0 amide bonds. The third-order valence-electron chi connectivity index (χ3n) is 4.71. The molecule has 0 spiro atoms. The Morgan fingerprint density at radius 2 is 2.00 bits per heavy atom. The molecule has 0 bridgehead atoms. The minimum absolute atomic E-state index is 0.119. The Bertz CT molecular complexity index is 908.